The number of nitrogens with zero attached hydrogens (tertiary/aromatic N) is 1. The van der Waals surface area contributed by atoms with E-state index in [9.17, 15) is 15.3 Å². The van der Waals surface area contributed by atoms with Crippen LogP contribution in [0, 0.1) is 17.2 Å². The Balaban J connectivity index is 2.21. The average molecular weight is 399 g/mol. The smallest absolute Gasteiger partial charge is 0.427 e. The molecule has 0 radical (unpaired) electrons. The molecule has 0 aromatic heterocycles. The minimum absolute atomic E-state index is 0.0731. The molecule has 29 heavy (non-hydrogen) atoms. The summed E-state index contributed by atoms with van der Waals surface area (Å²) in [4.78, 5) is 0. The first-order valence-corrected chi connectivity index (χ1v) is 12.1. The predicted octanol–water partition coefficient (Wildman–Crippen LogP) is 2.55. The molecule has 0 aliphatic heterocycles. The molecular formula is C24H26BNO2Si. The number of nitriles is 1. The van der Waals surface area contributed by atoms with Gasteiger partial charge >= 0.3 is 7.12 Å². The molecule has 3 aromatic rings. The van der Waals surface area contributed by atoms with E-state index in [1.54, 1.807) is 0 Å². The highest BCUT2D eigenvalue weighted by molar-refractivity contribution is 7.12. The molecule has 2 atom stereocenters. The van der Waals surface area contributed by atoms with Gasteiger partial charge in [-0.25, -0.2) is 0 Å². The summed E-state index contributed by atoms with van der Waals surface area (Å²) in [5.41, 5.74) is 0.179. The van der Waals surface area contributed by atoms with Gasteiger partial charge in [0.1, 0.15) is 0 Å². The fourth-order valence-electron chi connectivity index (χ4n) is 4.52. The van der Waals surface area contributed by atoms with Crippen LogP contribution in [-0.2, 0) is 0 Å². The van der Waals surface area contributed by atoms with Crippen molar-refractivity contribution in [3.8, 4) is 6.07 Å². The summed E-state index contributed by atoms with van der Waals surface area (Å²) in [6.45, 7) is 2.22. The summed E-state index contributed by atoms with van der Waals surface area (Å²) in [5.74, 6) is -0.409. The van der Waals surface area contributed by atoms with E-state index in [0.29, 0.717) is 6.42 Å². The van der Waals surface area contributed by atoms with Crippen molar-refractivity contribution in [2.24, 2.45) is 5.92 Å². The highest BCUT2D eigenvalue weighted by Gasteiger charge is 2.44. The summed E-state index contributed by atoms with van der Waals surface area (Å²) >= 11 is 0. The largest absolute Gasteiger partial charge is 0.452 e. The second-order valence-corrected chi connectivity index (χ2v) is 11.9. The van der Waals surface area contributed by atoms with E-state index in [1.165, 1.54) is 15.6 Å². The maximum atomic E-state index is 9.64. The maximum Gasteiger partial charge on any atom is 0.452 e. The first-order valence-electron chi connectivity index (χ1n) is 10.0. The van der Waals surface area contributed by atoms with Crippen LogP contribution in [0.15, 0.2) is 91.0 Å². The van der Waals surface area contributed by atoms with Gasteiger partial charge in [0.15, 0.2) is 8.07 Å². The Labute approximate surface area is 174 Å². The van der Waals surface area contributed by atoms with Crippen LogP contribution < -0.4 is 15.6 Å². The highest BCUT2D eigenvalue weighted by Crippen LogP contribution is 2.30. The molecule has 0 fully saturated rings. The highest BCUT2D eigenvalue weighted by atomic mass is 28.3. The molecule has 5 heteroatoms. The third-order valence-corrected chi connectivity index (χ3v) is 11.2. The molecular weight excluding hydrogens is 373 g/mol. The Morgan fingerprint density at radius 2 is 1.17 bits per heavy atom. The molecule has 2 unspecified atom stereocenters. The zero-order valence-electron chi connectivity index (χ0n) is 16.6. The quantitative estimate of drug-likeness (QED) is 0.452. The van der Waals surface area contributed by atoms with Gasteiger partial charge in [0, 0.05) is 5.92 Å². The molecule has 3 rings (SSSR count). The number of rotatable bonds is 8. The fraction of sp³-hybridized carbons (Fsp3) is 0.208. The van der Waals surface area contributed by atoms with Crippen molar-refractivity contribution < 1.29 is 10.0 Å². The topological polar surface area (TPSA) is 64.2 Å². The summed E-state index contributed by atoms with van der Waals surface area (Å²) in [7, 11) is -3.94. The van der Waals surface area contributed by atoms with E-state index < -0.39 is 21.1 Å². The van der Waals surface area contributed by atoms with Crippen LogP contribution in [0.4, 0.5) is 0 Å². The third kappa shape index (κ3) is 4.51. The van der Waals surface area contributed by atoms with Crippen molar-refractivity contribution in [3.05, 3.63) is 91.0 Å². The Kier molecular flexibility index (Phi) is 7.05. The third-order valence-electron chi connectivity index (χ3n) is 5.74. The van der Waals surface area contributed by atoms with Crippen LogP contribution in [-0.4, -0.2) is 25.2 Å². The average Bonchev–Trinajstić information content (AvgIpc) is 2.76. The van der Waals surface area contributed by atoms with Crippen molar-refractivity contribution in [2.45, 2.75) is 25.2 Å². The summed E-state index contributed by atoms with van der Waals surface area (Å²) in [5, 5.41) is 32.4. The predicted molar refractivity (Wildman–Crippen MR) is 122 cm³/mol. The molecule has 3 aromatic carbocycles. The van der Waals surface area contributed by atoms with E-state index in [4.69, 9.17) is 0 Å². The van der Waals surface area contributed by atoms with Crippen LogP contribution >= 0.6 is 0 Å². The minimum atomic E-state index is -2.47. The van der Waals surface area contributed by atoms with Crippen LogP contribution in [0.3, 0.4) is 0 Å². The summed E-state index contributed by atoms with van der Waals surface area (Å²) in [6.07, 6.45) is 0.683. The first-order chi connectivity index (χ1) is 14.1. The molecule has 0 saturated heterocycles. The lowest BCUT2D eigenvalue weighted by molar-refractivity contribution is 0.393. The van der Waals surface area contributed by atoms with Gasteiger partial charge < -0.3 is 10.0 Å². The lowest BCUT2D eigenvalue weighted by Gasteiger charge is -2.40. The second-order valence-electron chi connectivity index (χ2n) is 7.59. The molecule has 0 bridgehead atoms. The van der Waals surface area contributed by atoms with Crippen molar-refractivity contribution >= 4 is 30.8 Å². The van der Waals surface area contributed by atoms with Gasteiger partial charge in [0.2, 0.25) is 0 Å². The molecule has 0 amide bonds. The summed E-state index contributed by atoms with van der Waals surface area (Å²) < 4.78 is 0. The van der Waals surface area contributed by atoms with Gasteiger partial charge in [-0.15, -0.1) is 0 Å². The molecule has 0 saturated carbocycles. The van der Waals surface area contributed by atoms with Gasteiger partial charge in [0.05, 0.1) is 6.07 Å². The lowest BCUT2D eigenvalue weighted by atomic mass is 9.77. The summed E-state index contributed by atoms with van der Waals surface area (Å²) in [6, 6.07) is 34.1. The van der Waals surface area contributed by atoms with E-state index in [2.05, 4.69) is 85.8 Å². The van der Waals surface area contributed by atoms with Crippen LogP contribution in [0.5, 0.6) is 0 Å². The molecule has 0 heterocycles. The zero-order valence-corrected chi connectivity index (χ0v) is 17.6. The molecule has 3 nitrogen and oxygen atoms in total. The van der Waals surface area contributed by atoms with Gasteiger partial charge in [0.25, 0.3) is 0 Å². The first kappa shape index (κ1) is 21.1. The molecule has 0 spiro atoms. The standard InChI is InChI=1S/C24H26BNO2Si/c1-20(17-21(19-26)18-25(27)28)29(22-11-5-2-6-12-22,23-13-7-3-8-14-23)24-15-9-4-10-16-24/h2-16,20-21,27-28H,17-18H2,1H3. The van der Waals surface area contributed by atoms with Crippen molar-refractivity contribution in [3.63, 3.8) is 0 Å². The van der Waals surface area contributed by atoms with E-state index >= 15 is 0 Å². The lowest BCUT2D eigenvalue weighted by Crippen LogP contribution is -2.69. The number of hydrogen-bond donors (Lipinski definition) is 2. The Hall–Kier alpha value is -2.65. The van der Waals surface area contributed by atoms with Gasteiger partial charge in [-0.1, -0.05) is 97.9 Å². The monoisotopic (exact) mass is 399 g/mol. The minimum Gasteiger partial charge on any atom is -0.427 e. The van der Waals surface area contributed by atoms with E-state index in [1.807, 2.05) is 18.2 Å². The SMILES string of the molecule is CC(CC(C#N)CB(O)O)[Si](c1ccccc1)(c1ccccc1)c1ccccc1. The fourth-order valence-corrected chi connectivity index (χ4v) is 10.0. The van der Waals surface area contributed by atoms with Gasteiger partial charge in [-0.3, -0.25) is 0 Å². The molecule has 0 aliphatic carbocycles. The van der Waals surface area contributed by atoms with E-state index in [-0.39, 0.29) is 11.9 Å². The number of benzene rings is 3. The second kappa shape index (κ2) is 9.71. The van der Waals surface area contributed by atoms with Crippen LogP contribution in [0.2, 0.25) is 11.9 Å². The Morgan fingerprint density at radius 1 is 0.793 bits per heavy atom. The Morgan fingerprint density at radius 3 is 1.48 bits per heavy atom. The maximum absolute atomic E-state index is 9.64. The normalized spacial score (nSPS) is 13.3. The molecule has 0 aliphatic rings. The van der Waals surface area contributed by atoms with Gasteiger partial charge in [-0.05, 0) is 33.8 Å². The van der Waals surface area contributed by atoms with Crippen molar-refractivity contribution in [1.29, 1.82) is 5.26 Å². The van der Waals surface area contributed by atoms with Gasteiger partial charge in [-0.2, -0.15) is 5.26 Å². The van der Waals surface area contributed by atoms with Crippen LogP contribution in [0.25, 0.3) is 0 Å². The van der Waals surface area contributed by atoms with Crippen molar-refractivity contribution in [2.75, 3.05) is 0 Å². The zero-order chi connectivity index (χ0) is 20.7. The Bertz CT molecular complexity index is 833. The van der Waals surface area contributed by atoms with Crippen LogP contribution in [0.1, 0.15) is 13.3 Å². The molecule has 2 N–H and O–H groups in total. The van der Waals surface area contributed by atoms with Crippen molar-refractivity contribution in [1.82, 2.24) is 0 Å². The molecule has 146 valence electrons. The number of hydrogen-bond acceptors (Lipinski definition) is 3. The van der Waals surface area contributed by atoms with E-state index in [0.717, 1.165) is 0 Å².